The first kappa shape index (κ1) is 24.2. The van der Waals surface area contributed by atoms with E-state index >= 15 is 0 Å². The van der Waals surface area contributed by atoms with Gasteiger partial charge in [-0.1, -0.05) is 25.1 Å². The zero-order chi connectivity index (χ0) is 18.9. The van der Waals surface area contributed by atoms with Gasteiger partial charge in [-0.3, -0.25) is 4.99 Å². The van der Waals surface area contributed by atoms with Crippen LogP contribution in [0.5, 0.6) is 0 Å². The highest BCUT2D eigenvalue weighted by atomic mass is 127. The van der Waals surface area contributed by atoms with Gasteiger partial charge >= 0.3 is 0 Å². The van der Waals surface area contributed by atoms with Crippen molar-refractivity contribution in [1.29, 1.82) is 0 Å². The van der Waals surface area contributed by atoms with Crippen LogP contribution in [0.3, 0.4) is 0 Å². The molecule has 5 nitrogen and oxygen atoms in total. The summed E-state index contributed by atoms with van der Waals surface area (Å²) < 4.78 is 5.33. The molecule has 2 unspecified atom stereocenters. The zero-order valence-corrected chi connectivity index (χ0v) is 20.5. The van der Waals surface area contributed by atoms with Crippen molar-refractivity contribution in [3.05, 3.63) is 46.4 Å². The van der Waals surface area contributed by atoms with Gasteiger partial charge in [-0.25, -0.2) is 4.98 Å². The van der Waals surface area contributed by atoms with Crippen molar-refractivity contribution >= 4 is 53.0 Å². The molecule has 1 aromatic carbocycles. The highest BCUT2D eigenvalue weighted by Gasteiger charge is 2.13. The number of halogens is 1. The standard InChI is InChI=1S/C19H28N4OS2.HI/c1-14(26-17-9-7-6-8-10-17)11-21-19(20-3)23(4)12-16-13-25-18(22-16)15(2)24-5;/h6-10,13-15H,11-12H2,1-5H3,(H,20,21);1H. The van der Waals surface area contributed by atoms with Crippen LogP contribution in [-0.2, 0) is 11.3 Å². The van der Waals surface area contributed by atoms with Gasteiger partial charge in [0.15, 0.2) is 5.96 Å². The van der Waals surface area contributed by atoms with E-state index in [-0.39, 0.29) is 30.1 Å². The molecule has 1 N–H and O–H groups in total. The molecule has 0 radical (unpaired) electrons. The molecule has 0 aliphatic heterocycles. The van der Waals surface area contributed by atoms with E-state index in [1.807, 2.05) is 38.8 Å². The van der Waals surface area contributed by atoms with E-state index in [2.05, 4.69) is 56.8 Å². The number of thiazole rings is 1. The number of nitrogens with one attached hydrogen (secondary N) is 1. The Morgan fingerprint density at radius 3 is 2.67 bits per heavy atom. The first-order chi connectivity index (χ1) is 12.5. The molecule has 0 aliphatic rings. The van der Waals surface area contributed by atoms with Gasteiger partial charge in [0.2, 0.25) is 0 Å². The molecule has 0 saturated carbocycles. The van der Waals surface area contributed by atoms with Gasteiger partial charge < -0.3 is 15.0 Å². The average Bonchev–Trinajstić information content (AvgIpc) is 3.10. The minimum atomic E-state index is 0. The molecule has 150 valence electrons. The average molecular weight is 521 g/mol. The molecule has 1 aromatic heterocycles. The topological polar surface area (TPSA) is 49.8 Å². The third kappa shape index (κ3) is 7.97. The van der Waals surface area contributed by atoms with E-state index in [9.17, 15) is 0 Å². The number of thioether (sulfide) groups is 1. The summed E-state index contributed by atoms with van der Waals surface area (Å²) in [6.07, 6.45) is 0.0346. The third-order valence-corrected chi connectivity index (χ3v) is 6.04. The smallest absolute Gasteiger partial charge is 0.193 e. The second-order valence-corrected chi connectivity index (χ2v) is 8.48. The van der Waals surface area contributed by atoms with Crippen molar-refractivity contribution in [1.82, 2.24) is 15.2 Å². The summed E-state index contributed by atoms with van der Waals surface area (Å²) in [7, 11) is 5.55. The summed E-state index contributed by atoms with van der Waals surface area (Å²) in [6, 6.07) is 10.5. The van der Waals surface area contributed by atoms with Crippen LogP contribution < -0.4 is 5.32 Å². The molecule has 27 heavy (non-hydrogen) atoms. The maximum Gasteiger partial charge on any atom is 0.193 e. The van der Waals surface area contributed by atoms with Crippen LogP contribution in [0.25, 0.3) is 0 Å². The summed E-state index contributed by atoms with van der Waals surface area (Å²) in [6.45, 7) is 5.79. The van der Waals surface area contributed by atoms with Gasteiger partial charge in [-0.15, -0.1) is 47.1 Å². The van der Waals surface area contributed by atoms with Crippen LogP contribution in [0.4, 0.5) is 0 Å². The number of nitrogens with zero attached hydrogens (tertiary/aromatic N) is 3. The molecule has 0 saturated heterocycles. The predicted octanol–water partition coefficient (Wildman–Crippen LogP) is 4.66. The Hall–Kier alpha value is -0.840. The van der Waals surface area contributed by atoms with E-state index in [1.54, 1.807) is 18.4 Å². The molecule has 0 aliphatic carbocycles. The van der Waals surface area contributed by atoms with Gasteiger partial charge in [-0.05, 0) is 19.1 Å². The van der Waals surface area contributed by atoms with Crippen molar-refractivity contribution in [2.45, 2.75) is 36.6 Å². The van der Waals surface area contributed by atoms with Crippen LogP contribution >= 0.6 is 47.1 Å². The lowest BCUT2D eigenvalue weighted by Gasteiger charge is -2.22. The van der Waals surface area contributed by atoms with Crippen LogP contribution in [-0.4, -0.2) is 48.8 Å². The predicted molar refractivity (Wildman–Crippen MR) is 128 cm³/mol. The lowest BCUT2D eigenvalue weighted by molar-refractivity contribution is 0.119. The minimum absolute atomic E-state index is 0. The Labute approximate surface area is 188 Å². The van der Waals surface area contributed by atoms with Gasteiger partial charge in [0.25, 0.3) is 0 Å². The summed E-state index contributed by atoms with van der Waals surface area (Å²) in [4.78, 5) is 12.4. The molecule has 8 heteroatoms. The van der Waals surface area contributed by atoms with E-state index < -0.39 is 0 Å². The van der Waals surface area contributed by atoms with Gasteiger partial charge in [0.05, 0.1) is 12.2 Å². The Morgan fingerprint density at radius 2 is 2.04 bits per heavy atom. The Kier molecular flexibility index (Phi) is 11.3. The fraction of sp³-hybridized carbons (Fsp3) is 0.474. The number of ether oxygens (including phenoxy) is 1. The summed E-state index contributed by atoms with van der Waals surface area (Å²) in [5, 5.41) is 6.99. The first-order valence-electron chi connectivity index (χ1n) is 8.64. The number of aromatic nitrogens is 1. The number of hydrogen-bond donors (Lipinski definition) is 1. The molecule has 2 atom stereocenters. The number of benzene rings is 1. The van der Waals surface area contributed by atoms with Crippen molar-refractivity contribution in [2.75, 3.05) is 27.7 Å². The van der Waals surface area contributed by atoms with Gasteiger partial charge in [0, 0.05) is 43.3 Å². The van der Waals surface area contributed by atoms with Crippen molar-refractivity contribution < 1.29 is 4.74 Å². The van der Waals surface area contributed by atoms with Crippen LogP contribution in [0.2, 0.25) is 0 Å². The lowest BCUT2D eigenvalue weighted by Crippen LogP contribution is -2.40. The molecular formula is C19H29IN4OS2. The number of guanidine groups is 1. The van der Waals surface area contributed by atoms with Crippen LogP contribution in [0, 0.1) is 0 Å². The largest absolute Gasteiger partial charge is 0.375 e. The fourth-order valence-electron chi connectivity index (χ4n) is 2.39. The fourth-order valence-corrected chi connectivity index (χ4v) is 4.18. The van der Waals surface area contributed by atoms with Crippen LogP contribution in [0.15, 0.2) is 45.6 Å². The van der Waals surface area contributed by atoms with Crippen molar-refractivity contribution in [2.24, 2.45) is 4.99 Å². The molecule has 0 fully saturated rings. The van der Waals surface area contributed by atoms with E-state index in [1.165, 1.54) is 4.90 Å². The monoisotopic (exact) mass is 520 g/mol. The molecule has 0 amide bonds. The highest BCUT2D eigenvalue weighted by Crippen LogP contribution is 2.22. The SMILES string of the molecule is CN=C(NCC(C)Sc1ccccc1)N(C)Cc1csc(C(C)OC)n1.I. The molecule has 0 spiro atoms. The summed E-state index contributed by atoms with van der Waals surface area (Å²) in [5.41, 5.74) is 1.03. The Bertz CT molecular complexity index is 696. The second-order valence-electron chi connectivity index (χ2n) is 6.08. The molecule has 0 bridgehead atoms. The number of hydrogen-bond acceptors (Lipinski definition) is 5. The Morgan fingerprint density at radius 1 is 1.33 bits per heavy atom. The zero-order valence-electron chi connectivity index (χ0n) is 16.5. The number of aliphatic imine (C=N–C) groups is 1. The molecular weight excluding hydrogens is 491 g/mol. The van der Waals surface area contributed by atoms with Crippen molar-refractivity contribution in [3.63, 3.8) is 0 Å². The number of rotatable bonds is 8. The van der Waals surface area contributed by atoms with E-state index in [0.717, 1.165) is 23.2 Å². The maximum atomic E-state index is 5.33. The molecule has 1 heterocycles. The molecule has 2 aromatic rings. The maximum absolute atomic E-state index is 5.33. The summed E-state index contributed by atoms with van der Waals surface area (Å²) in [5.74, 6) is 0.875. The second kappa shape index (κ2) is 12.6. The third-order valence-electron chi connectivity index (χ3n) is 3.87. The normalized spacial score (nSPS) is 13.6. The lowest BCUT2D eigenvalue weighted by atomic mass is 10.4. The highest BCUT2D eigenvalue weighted by molar-refractivity contribution is 14.0. The Balaban J connectivity index is 0.00000364. The van der Waals surface area contributed by atoms with Gasteiger partial charge in [0.1, 0.15) is 11.1 Å². The van der Waals surface area contributed by atoms with E-state index in [4.69, 9.17) is 4.74 Å². The van der Waals surface area contributed by atoms with E-state index in [0.29, 0.717) is 11.8 Å². The van der Waals surface area contributed by atoms with Gasteiger partial charge in [-0.2, -0.15) is 0 Å². The first-order valence-corrected chi connectivity index (χ1v) is 10.4. The summed E-state index contributed by atoms with van der Waals surface area (Å²) >= 11 is 3.50. The van der Waals surface area contributed by atoms with Crippen molar-refractivity contribution in [3.8, 4) is 0 Å². The minimum Gasteiger partial charge on any atom is -0.375 e. The molecule has 2 rings (SSSR count). The van der Waals surface area contributed by atoms with Crippen LogP contribution in [0.1, 0.15) is 30.7 Å². The number of methoxy groups -OCH3 is 1. The quantitative estimate of drug-likeness (QED) is 0.238.